The lowest BCUT2D eigenvalue weighted by Gasteiger charge is -2.20. The second-order valence-corrected chi connectivity index (χ2v) is 4.79. The Balaban J connectivity index is 1.98. The number of nitrogens with one attached hydrogen (secondary N) is 1. The summed E-state index contributed by atoms with van der Waals surface area (Å²) in [5.41, 5.74) is 1.30. The molecule has 1 unspecified atom stereocenters. The van der Waals surface area contributed by atoms with Crippen molar-refractivity contribution in [1.82, 2.24) is 5.32 Å². The molecule has 16 heavy (non-hydrogen) atoms. The van der Waals surface area contributed by atoms with Gasteiger partial charge in [-0.3, -0.25) is 0 Å². The third-order valence-corrected chi connectivity index (χ3v) is 3.44. The molecule has 2 atom stereocenters. The van der Waals surface area contributed by atoms with Crippen molar-refractivity contribution in [3.63, 3.8) is 0 Å². The zero-order chi connectivity index (χ0) is 11.5. The predicted octanol–water partition coefficient (Wildman–Crippen LogP) is 3.14. The molecule has 0 spiro atoms. The van der Waals surface area contributed by atoms with E-state index in [9.17, 15) is 0 Å². The van der Waals surface area contributed by atoms with Crippen LogP contribution in [0.3, 0.4) is 0 Å². The van der Waals surface area contributed by atoms with Crippen molar-refractivity contribution in [2.45, 2.75) is 38.8 Å². The summed E-state index contributed by atoms with van der Waals surface area (Å²) in [4.78, 5) is 0. The number of rotatable bonds is 5. The highest BCUT2D eigenvalue weighted by Gasteiger charge is 2.28. The lowest BCUT2D eigenvalue weighted by atomic mass is 10.1. The van der Waals surface area contributed by atoms with Gasteiger partial charge in [-0.25, -0.2) is 0 Å². The first-order valence-electron chi connectivity index (χ1n) is 6.10. The Morgan fingerprint density at radius 3 is 2.69 bits per heavy atom. The maximum absolute atomic E-state index is 5.24. The van der Waals surface area contributed by atoms with Crippen LogP contribution in [0.25, 0.3) is 0 Å². The molecule has 0 aliphatic heterocycles. The molecule has 1 aliphatic carbocycles. The van der Waals surface area contributed by atoms with Crippen molar-refractivity contribution < 1.29 is 4.74 Å². The molecule has 2 heteroatoms. The summed E-state index contributed by atoms with van der Waals surface area (Å²) in [7, 11) is 1.71. The lowest BCUT2D eigenvalue weighted by Crippen LogP contribution is -2.30. The van der Waals surface area contributed by atoms with Crippen LogP contribution in [-0.4, -0.2) is 13.2 Å². The molecule has 2 nitrogen and oxygen atoms in total. The van der Waals surface area contributed by atoms with Gasteiger partial charge in [0.1, 0.15) is 5.75 Å². The second kappa shape index (κ2) is 4.88. The van der Waals surface area contributed by atoms with Crippen LogP contribution in [0.1, 0.15) is 38.3 Å². The number of ether oxygens (including phenoxy) is 1. The van der Waals surface area contributed by atoms with E-state index in [-0.39, 0.29) is 0 Å². The van der Waals surface area contributed by atoms with Crippen LogP contribution in [0.4, 0.5) is 0 Å². The molecule has 1 N–H and O–H groups in total. The minimum absolute atomic E-state index is 0.394. The van der Waals surface area contributed by atoms with Gasteiger partial charge in [0.05, 0.1) is 7.11 Å². The van der Waals surface area contributed by atoms with E-state index in [0.717, 1.165) is 11.7 Å². The zero-order valence-electron chi connectivity index (χ0n) is 10.4. The van der Waals surface area contributed by atoms with E-state index in [1.807, 2.05) is 12.1 Å². The molecule has 1 fully saturated rings. The van der Waals surface area contributed by atoms with Gasteiger partial charge in [0, 0.05) is 12.1 Å². The van der Waals surface area contributed by atoms with Gasteiger partial charge in [-0.05, 0) is 50.3 Å². The molecule has 1 aromatic rings. The Hall–Kier alpha value is -1.02. The molecule has 0 bridgehead atoms. The van der Waals surface area contributed by atoms with Crippen LogP contribution in [0, 0.1) is 5.92 Å². The normalized spacial score (nSPS) is 19.2. The SMILES string of the molecule is COc1cccc([C@H](C)NC(C)C2CC2)c1. The van der Waals surface area contributed by atoms with E-state index in [2.05, 4.69) is 31.3 Å². The van der Waals surface area contributed by atoms with E-state index in [1.165, 1.54) is 18.4 Å². The van der Waals surface area contributed by atoms with Crippen LogP contribution in [0.2, 0.25) is 0 Å². The summed E-state index contributed by atoms with van der Waals surface area (Å²) >= 11 is 0. The summed E-state index contributed by atoms with van der Waals surface area (Å²) in [5, 5.41) is 3.65. The Kier molecular flexibility index (Phi) is 3.49. The third-order valence-electron chi connectivity index (χ3n) is 3.44. The number of benzene rings is 1. The standard InChI is InChI=1S/C14H21NO/c1-10(12-7-8-12)15-11(2)13-5-4-6-14(9-13)16-3/h4-6,9-12,15H,7-8H2,1-3H3/t10?,11-/m0/s1. The first-order valence-corrected chi connectivity index (χ1v) is 6.10. The van der Waals surface area contributed by atoms with Crippen LogP contribution in [0.5, 0.6) is 5.75 Å². The number of hydrogen-bond acceptors (Lipinski definition) is 2. The molecule has 1 aromatic carbocycles. The average molecular weight is 219 g/mol. The molecule has 2 rings (SSSR count). The van der Waals surface area contributed by atoms with E-state index < -0.39 is 0 Å². The van der Waals surface area contributed by atoms with Gasteiger partial charge in [0.25, 0.3) is 0 Å². The quantitative estimate of drug-likeness (QED) is 0.821. The maximum atomic E-state index is 5.24. The molecule has 0 saturated heterocycles. The van der Waals surface area contributed by atoms with Crippen LogP contribution in [0.15, 0.2) is 24.3 Å². The van der Waals surface area contributed by atoms with Crippen molar-refractivity contribution >= 4 is 0 Å². The minimum Gasteiger partial charge on any atom is -0.497 e. The van der Waals surface area contributed by atoms with E-state index in [4.69, 9.17) is 4.74 Å². The first kappa shape index (κ1) is 11.5. The monoisotopic (exact) mass is 219 g/mol. The fraction of sp³-hybridized carbons (Fsp3) is 0.571. The van der Waals surface area contributed by atoms with Crippen molar-refractivity contribution in [1.29, 1.82) is 0 Å². The largest absolute Gasteiger partial charge is 0.497 e. The molecule has 0 heterocycles. The van der Waals surface area contributed by atoms with Gasteiger partial charge in [-0.2, -0.15) is 0 Å². The fourth-order valence-electron chi connectivity index (χ4n) is 2.13. The Morgan fingerprint density at radius 1 is 1.31 bits per heavy atom. The van der Waals surface area contributed by atoms with Crippen LogP contribution in [-0.2, 0) is 0 Å². The van der Waals surface area contributed by atoms with Crippen molar-refractivity contribution in [3.8, 4) is 5.75 Å². The molecule has 0 amide bonds. The summed E-state index contributed by atoms with van der Waals surface area (Å²) in [6.45, 7) is 4.50. The van der Waals surface area contributed by atoms with Gasteiger partial charge < -0.3 is 10.1 Å². The average Bonchev–Trinajstić information content (AvgIpc) is 3.13. The van der Waals surface area contributed by atoms with Gasteiger partial charge >= 0.3 is 0 Å². The highest BCUT2D eigenvalue weighted by Crippen LogP contribution is 2.33. The summed E-state index contributed by atoms with van der Waals surface area (Å²) in [5.74, 6) is 1.83. The van der Waals surface area contributed by atoms with Gasteiger partial charge in [-0.1, -0.05) is 12.1 Å². The highest BCUT2D eigenvalue weighted by molar-refractivity contribution is 5.30. The van der Waals surface area contributed by atoms with Crippen LogP contribution < -0.4 is 10.1 Å². The van der Waals surface area contributed by atoms with Gasteiger partial charge in [0.15, 0.2) is 0 Å². The smallest absolute Gasteiger partial charge is 0.119 e. The van der Waals surface area contributed by atoms with Gasteiger partial charge in [-0.15, -0.1) is 0 Å². The summed E-state index contributed by atoms with van der Waals surface area (Å²) < 4.78 is 5.24. The number of methoxy groups -OCH3 is 1. The van der Waals surface area contributed by atoms with E-state index >= 15 is 0 Å². The Morgan fingerprint density at radius 2 is 2.06 bits per heavy atom. The van der Waals surface area contributed by atoms with Crippen molar-refractivity contribution in [2.75, 3.05) is 7.11 Å². The molecule has 0 aromatic heterocycles. The second-order valence-electron chi connectivity index (χ2n) is 4.79. The van der Waals surface area contributed by atoms with Crippen molar-refractivity contribution in [3.05, 3.63) is 29.8 Å². The highest BCUT2D eigenvalue weighted by atomic mass is 16.5. The molecule has 88 valence electrons. The predicted molar refractivity (Wildman–Crippen MR) is 66.7 cm³/mol. The fourth-order valence-corrected chi connectivity index (χ4v) is 2.13. The Bertz CT molecular complexity index is 346. The first-order chi connectivity index (χ1) is 7.70. The lowest BCUT2D eigenvalue weighted by molar-refractivity contribution is 0.410. The molecular formula is C14H21NO. The Labute approximate surface area is 98.0 Å². The van der Waals surface area contributed by atoms with Crippen molar-refractivity contribution in [2.24, 2.45) is 5.92 Å². The minimum atomic E-state index is 0.394. The summed E-state index contributed by atoms with van der Waals surface area (Å²) in [6.07, 6.45) is 2.78. The van der Waals surface area contributed by atoms with Gasteiger partial charge in [0.2, 0.25) is 0 Å². The van der Waals surface area contributed by atoms with Crippen LogP contribution >= 0.6 is 0 Å². The van der Waals surface area contributed by atoms with E-state index in [0.29, 0.717) is 12.1 Å². The third kappa shape index (κ3) is 2.76. The molecular weight excluding hydrogens is 198 g/mol. The maximum Gasteiger partial charge on any atom is 0.119 e. The number of hydrogen-bond donors (Lipinski definition) is 1. The topological polar surface area (TPSA) is 21.3 Å². The van der Waals surface area contributed by atoms with E-state index in [1.54, 1.807) is 7.11 Å². The zero-order valence-corrected chi connectivity index (χ0v) is 10.4. The summed E-state index contributed by atoms with van der Waals surface area (Å²) in [6, 6.07) is 9.32. The molecule has 1 aliphatic rings. The molecule has 1 saturated carbocycles. The molecule has 0 radical (unpaired) electrons.